The van der Waals surface area contributed by atoms with Crippen LogP contribution in [-0.4, -0.2) is 49.5 Å². The van der Waals surface area contributed by atoms with Crippen molar-refractivity contribution in [2.45, 2.75) is 17.8 Å². The molecule has 13 heteroatoms. The number of nitrogens with zero attached hydrogens (tertiary/aromatic N) is 3. The normalized spacial score (nSPS) is 12.4. The quantitative estimate of drug-likeness (QED) is 0.479. The number of hydrogen-bond acceptors (Lipinski definition) is 8. The van der Waals surface area contributed by atoms with E-state index in [-0.39, 0.29) is 36.4 Å². The van der Waals surface area contributed by atoms with Crippen LogP contribution in [0.4, 0.5) is 13.2 Å². The molecule has 30 heavy (non-hydrogen) atoms. The van der Waals surface area contributed by atoms with Gasteiger partial charge in [0.05, 0.1) is 22.9 Å². The van der Waals surface area contributed by atoms with Crippen LogP contribution in [0, 0.1) is 0 Å². The summed E-state index contributed by atoms with van der Waals surface area (Å²) in [4.78, 5) is 0.520. The standard InChI is InChI=1S/C17H16F3N3O5S2/c1-26-9-8-23(11-15-21-22-16(27-15)14-3-2-10-29-14)30(24,25)13-6-4-12(5-7-13)28-17(18,19)20/h2-7,10H,8-9,11H2,1H3. The number of sulfonamides is 1. The van der Waals surface area contributed by atoms with Gasteiger partial charge >= 0.3 is 6.36 Å². The lowest BCUT2D eigenvalue weighted by molar-refractivity contribution is -0.274. The average Bonchev–Trinajstić information content (AvgIpc) is 3.35. The minimum Gasteiger partial charge on any atom is -0.418 e. The van der Waals surface area contributed by atoms with Gasteiger partial charge in [-0.3, -0.25) is 0 Å². The second-order valence-corrected chi connectivity index (χ2v) is 8.71. The molecule has 0 aliphatic rings. The maximum absolute atomic E-state index is 13.0. The maximum atomic E-state index is 13.0. The number of hydrogen-bond donors (Lipinski definition) is 0. The van der Waals surface area contributed by atoms with Crippen LogP contribution < -0.4 is 4.74 Å². The van der Waals surface area contributed by atoms with Crippen molar-refractivity contribution in [2.24, 2.45) is 0 Å². The third-order valence-electron chi connectivity index (χ3n) is 3.75. The lowest BCUT2D eigenvalue weighted by Crippen LogP contribution is -2.33. The summed E-state index contributed by atoms with van der Waals surface area (Å²) in [7, 11) is -2.67. The molecule has 3 rings (SSSR count). The van der Waals surface area contributed by atoms with Gasteiger partial charge in [0.15, 0.2) is 0 Å². The molecule has 0 atom stereocenters. The second-order valence-electron chi connectivity index (χ2n) is 5.83. The molecule has 0 unspecified atom stereocenters. The highest BCUT2D eigenvalue weighted by atomic mass is 32.2. The van der Waals surface area contributed by atoms with Gasteiger partial charge in [-0.15, -0.1) is 34.7 Å². The van der Waals surface area contributed by atoms with Gasteiger partial charge in [-0.25, -0.2) is 8.42 Å². The summed E-state index contributed by atoms with van der Waals surface area (Å²) in [6.07, 6.45) is -4.87. The molecular formula is C17H16F3N3O5S2. The Morgan fingerprint density at radius 3 is 2.50 bits per heavy atom. The molecule has 0 saturated heterocycles. The summed E-state index contributed by atoms with van der Waals surface area (Å²) in [6, 6.07) is 7.51. The van der Waals surface area contributed by atoms with Gasteiger partial charge < -0.3 is 13.9 Å². The van der Waals surface area contributed by atoms with Crippen LogP contribution >= 0.6 is 11.3 Å². The topological polar surface area (TPSA) is 94.8 Å². The predicted octanol–water partition coefficient (Wildman–Crippen LogP) is 3.53. The summed E-state index contributed by atoms with van der Waals surface area (Å²) < 4.78 is 78.2. The molecule has 0 aliphatic heterocycles. The van der Waals surface area contributed by atoms with Crippen LogP contribution in [0.25, 0.3) is 10.8 Å². The highest BCUT2D eigenvalue weighted by Gasteiger charge is 2.32. The minimum atomic E-state index is -4.87. The van der Waals surface area contributed by atoms with E-state index in [1.54, 1.807) is 6.07 Å². The number of alkyl halides is 3. The summed E-state index contributed by atoms with van der Waals surface area (Å²) in [5.41, 5.74) is 0. The van der Waals surface area contributed by atoms with E-state index < -0.39 is 22.1 Å². The molecular weight excluding hydrogens is 447 g/mol. The molecule has 0 bridgehead atoms. The van der Waals surface area contributed by atoms with Crippen molar-refractivity contribution in [1.82, 2.24) is 14.5 Å². The summed E-state index contributed by atoms with van der Waals surface area (Å²) in [5, 5.41) is 9.62. The maximum Gasteiger partial charge on any atom is 0.573 e. The Balaban J connectivity index is 1.81. The zero-order valence-electron chi connectivity index (χ0n) is 15.5. The zero-order chi connectivity index (χ0) is 21.8. The van der Waals surface area contributed by atoms with Crippen LogP contribution in [0.1, 0.15) is 5.89 Å². The van der Waals surface area contributed by atoms with E-state index in [9.17, 15) is 21.6 Å². The molecule has 2 heterocycles. The van der Waals surface area contributed by atoms with E-state index in [4.69, 9.17) is 9.15 Å². The minimum absolute atomic E-state index is 0.0314. The molecule has 8 nitrogen and oxygen atoms in total. The molecule has 0 radical (unpaired) electrons. The molecule has 1 aromatic carbocycles. The van der Waals surface area contributed by atoms with Crippen molar-refractivity contribution in [1.29, 1.82) is 0 Å². The first-order chi connectivity index (χ1) is 14.2. The largest absolute Gasteiger partial charge is 0.573 e. The number of thiophene rings is 1. The Kier molecular flexibility index (Phi) is 6.75. The average molecular weight is 463 g/mol. The van der Waals surface area contributed by atoms with Crippen molar-refractivity contribution in [3.8, 4) is 16.5 Å². The molecule has 162 valence electrons. The van der Waals surface area contributed by atoms with Gasteiger partial charge in [0, 0.05) is 13.7 Å². The second kappa shape index (κ2) is 9.12. The molecule has 0 spiro atoms. The molecule has 0 N–H and O–H groups in total. The van der Waals surface area contributed by atoms with Crippen LogP contribution in [0.15, 0.2) is 51.1 Å². The fourth-order valence-corrected chi connectivity index (χ4v) is 4.43. The Hall–Kier alpha value is -2.48. The van der Waals surface area contributed by atoms with Crippen molar-refractivity contribution in [2.75, 3.05) is 20.3 Å². The highest BCUT2D eigenvalue weighted by Crippen LogP contribution is 2.27. The Morgan fingerprint density at radius 2 is 1.90 bits per heavy atom. The number of benzene rings is 1. The van der Waals surface area contributed by atoms with Crippen molar-refractivity contribution >= 4 is 21.4 Å². The van der Waals surface area contributed by atoms with Gasteiger partial charge in [-0.1, -0.05) is 6.07 Å². The van der Waals surface area contributed by atoms with Gasteiger partial charge in [-0.05, 0) is 35.7 Å². The van der Waals surface area contributed by atoms with Gasteiger partial charge in [0.1, 0.15) is 5.75 Å². The summed E-state index contributed by atoms with van der Waals surface area (Å²) in [6.45, 7) is -0.179. The first-order valence-corrected chi connectivity index (χ1v) is 10.7. The van der Waals surface area contributed by atoms with Crippen molar-refractivity contribution in [3.05, 3.63) is 47.7 Å². The fourth-order valence-electron chi connectivity index (χ4n) is 2.41. The third-order valence-corrected chi connectivity index (χ3v) is 6.47. The number of ether oxygens (including phenoxy) is 2. The number of rotatable bonds is 9. The Labute approximate surface area is 173 Å². The highest BCUT2D eigenvalue weighted by molar-refractivity contribution is 7.89. The van der Waals surface area contributed by atoms with Crippen molar-refractivity contribution in [3.63, 3.8) is 0 Å². The first-order valence-electron chi connectivity index (χ1n) is 8.40. The van der Waals surface area contributed by atoms with Crippen LogP contribution in [-0.2, 0) is 21.3 Å². The number of aromatic nitrogens is 2. The number of methoxy groups -OCH3 is 1. The van der Waals surface area contributed by atoms with Crippen LogP contribution in [0.2, 0.25) is 0 Å². The van der Waals surface area contributed by atoms with E-state index in [0.717, 1.165) is 33.4 Å². The zero-order valence-corrected chi connectivity index (χ0v) is 17.1. The molecule has 0 aliphatic carbocycles. The van der Waals surface area contributed by atoms with Crippen LogP contribution in [0.5, 0.6) is 5.75 Å². The van der Waals surface area contributed by atoms with Crippen LogP contribution in [0.3, 0.4) is 0 Å². The predicted molar refractivity (Wildman–Crippen MR) is 100 cm³/mol. The summed E-state index contributed by atoms with van der Waals surface area (Å²) >= 11 is 1.39. The third kappa shape index (κ3) is 5.56. The van der Waals surface area contributed by atoms with E-state index in [1.807, 2.05) is 11.4 Å². The Bertz CT molecular complexity index is 1050. The molecule has 0 amide bonds. The van der Waals surface area contributed by atoms with Gasteiger partial charge in [0.2, 0.25) is 15.9 Å². The van der Waals surface area contributed by atoms with E-state index in [1.165, 1.54) is 18.4 Å². The molecule has 2 aromatic heterocycles. The Morgan fingerprint density at radius 1 is 1.17 bits per heavy atom. The monoisotopic (exact) mass is 463 g/mol. The molecule has 3 aromatic rings. The van der Waals surface area contributed by atoms with Gasteiger partial charge in [-0.2, -0.15) is 4.31 Å². The smallest absolute Gasteiger partial charge is 0.418 e. The SMILES string of the molecule is COCCN(Cc1nnc(-c2cccs2)o1)S(=O)(=O)c1ccc(OC(F)(F)F)cc1. The lowest BCUT2D eigenvalue weighted by atomic mass is 10.3. The van der Waals surface area contributed by atoms with E-state index in [2.05, 4.69) is 14.9 Å². The van der Waals surface area contributed by atoms with Gasteiger partial charge in [0.25, 0.3) is 5.89 Å². The van der Waals surface area contributed by atoms with E-state index in [0.29, 0.717) is 0 Å². The lowest BCUT2D eigenvalue weighted by Gasteiger charge is -2.20. The van der Waals surface area contributed by atoms with Crippen molar-refractivity contribution < 1.29 is 35.5 Å². The first kappa shape index (κ1) is 22.2. The van der Waals surface area contributed by atoms with E-state index >= 15 is 0 Å². The molecule has 0 fully saturated rings. The molecule has 0 saturated carbocycles. The summed E-state index contributed by atoms with van der Waals surface area (Å²) in [5.74, 6) is -0.199. The number of halogens is 3. The fraction of sp³-hybridized carbons (Fsp3) is 0.294.